The fourth-order valence-electron chi connectivity index (χ4n) is 2.98. The van der Waals surface area contributed by atoms with Crippen LogP contribution >= 0.6 is 0 Å². The van der Waals surface area contributed by atoms with Crippen LogP contribution in [0.2, 0.25) is 0 Å². The Morgan fingerprint density at radius 2 is 1.20 bits per heavy atom. The lowest BCUT2D eigenvalue weighted by atomic mass is 9.95. The molecule has 4 aromatic rings. The number of hydrogen-bond acceptors (Lipinski definition) is 1. The molecule has 0 radical (unpaired) electrons. The van der Waals surface area contributed by atoms with Gasteiger partial charge in [-0.25, -0.2) is 0 Å². The monoisotopic (exact) mass is 256 g/mol. The predicted molar refractivity (Wildman–Crippen MR) is 84.3 cm³/mol. The first kappa shape index (κ1) is 11.2. The van der Waals surface area contributed by atoms with Crippen LogP contribution in [-0.2, 0) is 0 Å². The molecular formula is C19H12O. The molecule has 0 unspecified atom stereocenters. The highest BCUT2D eigenvalue weighted by atomic mass is 16.1. The molecule has 0 amide bonds. The number of benzene rings is 4. The van der Waals surface area contributed by atoms with E-state index in [1.165, 1.54) is 21.5 Å². The number of carbonyl (C=O) groups is 1. The summed E-state index contributed by atoms with van der Waals surface area (Å²) in [4.78, 5) is 11.2. The minimum Gasteiger partial charge on any atom is -0.298 e. The van der Waals surface area contributed by atoms with Crippen molar-refractivity contribution in [2.75, 3.05) is 0 Å². The minimum absolute atomic E-state index is 0.748. The highest BCUT2D eigenvalue weighted by Gasteiger charge is 2.06. The zero-order valence-electron chi connectivity index (χ0n) is 10.8. The molecule has 20 heavy (non-hydrogen) atoms. The van der Waals surface area contributed by atoms with Crippen LogP contribution in [0.4, 0.5) is 0 Å². The normalized spacial score (nSPS) is 11.2. The van der Waals surface area contributed by atoms with Crippen molar-refractivity contribution in [1.29, 1.82) is 0 Å². The van der Waals surface area contributed by atoms with Gasteiger partial charge < -0.3 is 0 Å². The van der Waals surface area contributed by atoms with Gasteiger partial charge in [0.25, 0.3) is 0 Å². The topological polar surface area (TPSA) is 17.1 Å². The summed E-state index contributed by atoms with van der Waals surface area (Å²) in [5.74, 6) is 0. The molecule has 1 heteroatoms. The van der Waals surface area contributed by atoms with Crippen molar-refractivity contribution in [1.82, 2.24) is 0 Å². The van der Waals surface area contributed by atoms with E-state index in [2.05, 4.69) is 48.5 Å². The average molecular weight is 256 g/mol. The molecule has 4 aromatic carbocycles. The third kappa shape index (κ3) is 1.47. The third-order valence-corrected chi connectivity index (χ3v) is 3.94. The summed E-state index contributed by atoms with van der Waals surface area (Å²) < 4.78 is 0. The van der Waals surface area contributed by atoms with E-state index in [9.17, 15) is 4.79 Å². The lowest BCUT2D eigenvalue weighted by Gasteiger charge is -2.08. The zero-order valence-corrected chi connectivity index (χ0v) is 10.8. The number of hydrogen-bond donors (Lipinski definition) is 0. The molecule has 4 rings (SSSR count). The molecular weight excluding hydrogens is 244 g/mol. The third-order valence-electron chi connectivity index (χ3n) is 3.94. The molecule has 0 spiro atoms. The average Bonchev–Trinajstić information content (AvgIpc) is 2.53. The summed E-state index contributed by atoms with van der Waals surface area (Å²) >= 11 is 0. The van der Waals surface area contributed by atoms with E-state index in [0.29, 0.717) is 0 Å². The molecule has 0 saturated carbocycles. The van der Waals surface area contributed by atoms with Crippen LogP contribution in [0.1, 0.15) is 10.4 Å². The second-order valence-corrected chi connectivity index (χ2v) is 5.01. The van der Waals surface area contributed by atoms with Gasteiger partial charge in [0.1, 0.15) is 0 Å². The van der Waals surface area contributed by atoms with Crippen LogP contribution in [0.5, 0.6) is 0 Å². The molecule has 0 aliphatic heterocycles. The van der Waals surface area contributed by atoms with Gasteiger partial charge >= 0.3 is 0 Å². The minimum atomic E-state index is 0.748. The molecule has 0 saturated heterocycles. The van der Waals surface area contributed by atoms with Gasteiger partial charge in [0.15, 0.2) is 6.29 Å². The Hall–Kier alpha value is -2.67. The molecule has 0 aliphatic rings. The quantitative estimate of drug-likeness (QED) is 0.347. The second kappa shape index (κ2) is 4.17. The predicted octanol–water partition coefficient (Wildman–Crippen LogP) is 4.96. The maximum atomic E-state index is 11.2. The van der Waals surface area contributed by atoms with Gasteiger partial charge in [0.2, 0.25) is 0 Å². The van der Waals surface area contributed by atoms with Crippen molar-refractivity contribution in [2.24, 2.45) is 0 Å². The van der Waals surface area contributed by atoms with Crippen molar-refractivity contribution in [3.05, 3.63) is 72.3 Å². The zero-order chi connectivity index (χ0) is 13.5. The fraction of sp³-hybridized carbons (Fsp3) is 0. The molecule has 0 bridgehead atoms. The van der Waals surface area contributed by atoms with E-state index in [1.807, 2.05) is 18.2 Å². The largest absolute Gasteiger partial charge is 0.298 e. The number of fused-ring (bicyclic) bond motifs is 5. The first-order valence-corrected chi connectivity index (χ1v) is 6.67. The van der Waals surface area contributed by atoms with E-state index < -0.39 is 0 Å². The van der Waals surface area contributed by atoms with E-state index in [0.717, 1.165) is 22.6 Å². The first-order chi connectivity index (χ1) is 9.88. The van der Waals surface area contributed by atoms with Gasteiger partial charge in [-0.2, -0.15) is 0 Å². The van der Waals surface area contributed by atoms with Crippen molar-refractivity contribution in [2.45, 2.75) is 0 Å². The van der Waals surface area contributed by atoms with E-state index in [-0.39, 0.29) is 0 Å². The maximum Gasteiger partial charge on any atom is 0.150 e. The Kier molecular flexibility index (Phi) is 2.33. The molecule has 0 N–H and O–H groups in total. The van der Waals surface area contributed by atoms with Gasteiger partial charge in [0.05, 0.1) is 0 Å². The summed E-state index contributed by atoms with van der Waals surface area (Å²) in [6.07, 6.45) is 0.926. The molecule has 0 aromatic heterocycles. The summed E-state index contributed by atoms with van der Waals surface area (Å²) in [7, 11) is 0. The maximum absolute atomic E-state index is 11.2. The Morgan fingerprint density at radius 3 is 2.10 bits per heavy atom. The van der Waals surface area contributed by atoms with Crippen LogP contribution in [0.15, 0.2) is 66.7 Å². The molecule has 94 valence electrons. The summed E-state index contributed by atoms with van der Waals surface area (Å²) in [5, 5.41) is 7.08. The second-order valence-electron chi connectivity index (χ2n) is 5.01. The van der Waals surface area contributed by atoms with Crippen LogP contribution in [0, 0.1) is 0 Å². The lowest BCUT2D eigenvalue weighted by molar-refractivity contribution is 0.112. The van der Waals surface area contributed by atoms with Crippen molar-refractivity contribution in [3.8, 4) is 0 Å². The summed E-state index contributed by atoms with van der Waals surface area (Å²) in [6.45, 7) is 0. The van der Waals surface area contributed by atoms with Gasteiger partial charge in [0, 0.05) is 5.56 Å². The molecule has 1 nitrogen and oxygen atoms in total. The highest BCUT2D eigenvalue weighted by Crippen LogP contribution is 2.31. The Balaban J connectivity index is 2.26. The molecule has 0 heterocycles. The Labute approximate surface area is 116 Å². The molecule has 0 atom stereocenters. The standard InChI is InChI=1S/C19H12O/c20-12-14-5-3-7-17-16(14)10-11-18-15-6-2-1-4-13(15)8-9-19(17)18/h1-12H. The van der Waals surface area contributed by atoms with Gasteiger partial charge in [-0.05, 0) is 32.3 Å². The van der Waals surface area contributed by atoms with Crippen LogP contribution < -0.4 is 0 Å². The molecule has 0 fully saturated rings. The van der Waals surface area contributed by atoms with E-state index in [1.54, 1.807) is 0 Å². The fourth-order valence-corrected chi connectivity index (χ4v) is 2.98. The smallest absolute Gasteiger partial charge is 0.150 e. The van der Waals surface area contributed by atoms with Crippen LogP contribution in [-0.4, -0.2) is 6.29 Å². The Bertz CT molecular complexity index is 967. The van der Waals surface area contributed by atoms with Gasteiger partial charge in [-0.3, -0.25) is 4.79 Å². The van der Waals surface area contributed by atoms with Crippen molar-refractivity contribution >= 4 is 38.6 Å². The first-order valence-electron chi connectivity index (χ1n) is 6.67. The summed E-state index contributed by atoms with van der Waals surface area (Å²) in [5.41, 5.74) is 0.748. The number of rotatable bonds is 1. The van der Waals surface area contributed by atoms with Gasteiger partial charge in [-0.15, -0.1) is 0 Å². The van der Waals surface area contributed by atoms with Crippen LogP contribution in [0.25, 0.3) is 32.3 Å². The van der Waals surface area contributed by atoms with Gasteiger partial charge in [-0.1, -0.05) is 66.7 Å². The van der Waals surface area contributed by atoms with E-state index >= 15 is 0 Å². The highest BCUT2D eigenvalue weighted by molar-refractivity contribution is 6.19. The molecule has 0 aliphatic carbocycles. The number of carbonyl (C=O) groups excluding carboxylic acids is 1. The SMILES string of the molecule is O=Cc1cccc2c1ccc1c3ccccc3ccc21. The lowest BCUT2D eigenvalue weighted by Crippen LogP contribution is -1.85. The Morgan fingerprint density at radius 1 is 0.550 bits per heavy atom. The van der Waals surface area contributed by atoms with Crippen molar-refractivity contribution in [3.63, 3.8) is 0 Å². The summed E-state index contributed by atoms with van der Waals surface area (Å²) in [6, 6.07) is 22.7. The van der Waals surface area contributed by atoms with E-state index in [4.69, 9.17) is 0 Å². The van der Waals surface area contributed by atoms with Crippen LogP contribution in [0.3, 0.4) is 0 Å². The van der Waals surface area contributed by atoms with Crippen molar-refractivity contribution < 1.29 is 4.79 Å². The number of aldehydes is 1.